The predicted octanol–water partition coefficient (Wildman–Crippen LogP) is 11.9. The van der Waals surface area contributed by atoms with Crippen LogP contribution in [-0.2, 0) is 5.54 Å². The largest absolute Gasteiger partial charge is 0.461 e. The first-order valence-electron chi connectivity index (χ1n) is 23.2. The van der Waals surface area contributed by atoms with Crippen molar-refractivity contribution < 1.29 is 22.3 Å². The third kappa shape index (κ3) is 7.52. The molecule has 0 saturated carbocycles. The van der Waals surface area contributed by atoms with Crippen LogP contribution in [0.1, 0.15) is 85.8 Å². The van der Waals surface area contributed by atoms with Gasteiger partial charge in [0.2, 0.25) is 0 Å². The summed E-state index contributed by atoms with van der Waals surface area (Å²) in [4.78, 5) is 16.5. The van der Waals surface area contributed by atoms with E-state index in [-0.39, 0.29) is 85.5 Å². The van der Waals surface area contributed by atoms with Crippen molar-refractivity contribution in [3.8, 4) is 28.6 Å². The molecular formula is C53H60F4N6OSi. The first-order valence-corrected chi connectivity index (χ1v) is 25.4. The van der Waals surface area contributed by atoms with Crippen LogP contribution in [0.4, 0.5) is 29.1 Å². The second-order valence-electron chi connectivity index (χ2n) is 20.2. The maximum atomic E-state index is 17.9. The molecule has 4 aromatic carbocycles. The lowest BCUT2D eigenvalue weighted by Crippen LogP contribution is -2.60. The Bertz CT molecular complexity index is 2760. The number of aromatic nitrogens is 2. The average Bonchev–Trinajstić information content (AvgIpc) is 3.91. The van der Waals surface area contributed by atoms with E-state index in [9.17, 15) is 4.39 Å². The van der Waals surface area contributed by atoms with Crippen molar-refractivity contribution in [1.82, 2.24) is 19.8 Å². The summed E-state index contributed by atoms with van der Waals surface area (Å²) in [6.45, 7) is 20.1. The molecule has 9 rings (SSSR count). The maximum Gasteiger partial charge on any atom is 0.319 e. The van der Waals surface area contributed by atoms with Crippen molar-refractivity contribution in [2.75, 3.05) is 43.4 Å². The molecule has 5 heterocycles. The van der Waals surface area contributed by atoms with Crippen molar-refractivity contribution in [3.05, 3.63) is 113 Å². The fraction of sp³-hybridized carbons (Fsp3) is 0.434. The van der Waals surface area contributed by atoms with Crippen molar-refractivity contribution in [3.63, 3.8) is 0 Å². The maximum absolute atomic E-state index is 17.9. The minimum absolute atomic E-state index is 0.0281. The SMILES string of the molecule is CC(C)[Si](C#Cc1c(F)ccc2cc(N)cc(-c3c(F)cc4c(N5CC6C=CC(C5)N6C(C)(C)c5ccccc5)nc(OC[C@]56CCCN5C/C(=C\F)C6)nc4c3F)c12)(C(C)C)C(C)C. The van der Waals surface area contributed by atoms with Crippen LogP contribution in [0.3, 0.4) is 0 Å². The smallest absolute Gasteiger partial charge is 0.319 e. The lowest BCUT2D eigenvalue weighted by Gasteiger charge is -2.50. The van der Waals surface area contributed by atoms with Gasteiger partial charge in [-0.2, -0.15) is 9.97 Å². The number of benzene rings is 4. The first kappa shape index (κ1) is 45.0. The van der Waals surface area contributed by atoms with Gasteiger partial charge in [0.15, 0.2) is 5.82 Å². The van der Waals surface area contributed by atoms with Crippen LogP contribution in [0.5, 0.6) is 6.01 Å². The van der Waals surface area contributed by atoms with Crippen molar-refractivity contribution in [2.24, 2.45) is 0 Å². The van der Waals surface area contributed by atoms with Crippen LogP contribution in [0.25, 0.3) is 32.8 Å². The van der Waals surface area contributed by atoms with E-state index in [2.05, 4.69) is 118 Å². The monoisotopic (exact) mass is 900 g/mol. The van der Waals surface area contributed by atoms with Crippen LogP contribution < -0.4 is 15.4 Å². The molecule has 7 nitrogen and oxygen atoms in total. The van der Waals surface area contributed by atoms with E-state index in [0.717, 1.165) is 19.4 Å². The molecule has 0 spiro atoms. The van der Waals surface area contributed by atoms with Crippen LogP contribution in [0, 0.1) is 28.9 Å². The molecule has 0 amide bonds. The van der Waals surface area contributed by atoms with E-state index in [1.54, 1.807) is 12.1 Å². The summed E-state index contributed by atoms with van der Waals surface area (Å²) < 4.78 is 71.8. The Labute approximate surface area is 381 Å². The quantitative estimate of drug-likeness (QED) is 0.0492. The van der Waals surface area contributed by atoms with Gasteiger partial charge < -0.3 is 15.4 Å². The van der Waals surface area contributed by atoms with E-state index in [0.29, 0.717) is 49.2 Å². The van der Waals surface area contributed by atoms with E-state index < -0.39 is 31.1 Å². The molecule has 12 heteroatoms. The summed E-state index contributed by atoms with van der Waals surface area (Å²) >= 11 is 0. The number of hydrogen-bond acceptors (Lipinski definition) is 7. The Morgan fingerprint density at radius 3 is 2.28 bits per heavy atom. The number of piperazine rings is 1. The van der Waals surface area contributed by atoms with E-state index in [1.807, 2.05) is 6.07 Å². The molecule has 0 aliphatic carbocycles. The van der Waals surface area contributed by atoms with Gasteiger partial charge in [-0.1, -0.05) is 96.0 Å². The van der Waals surface area contributed by atoms with E-state index >= 15 is 13.2 Å². The number of nitrogen functional groups attached to an aromatic ring is 1. The summed E-state index contributed by atoms with van der Waals surface area (Å²) in [5, 5.41) is 0.990. The van der Waals surface area contributed by atoms with E-state index in [4.69, 9.17) is 20.4 Å². The minimum Gasteiger partial charge on any atom is -0.461 e. The molecule has 3 saturated heterocycles. The zero-order valence-corrected chi connectivity index (χ0v) is 39.8. The standard InChI is InChI=1S/C53H60F4N6OSi/c1-32(2)65(33(3)4,34(5)6)22-19-41-44(55)18-15-36-23-38(58)24-42(46(36)41)47-45(56)25-43-49(48(47)57)59-51(64-31-53-20-12-21-62(53)28-35(26-53)27-54)60-50(43)61-29-39-16-17-40(30-61)63(39)52(7,8)37-13-10-9-11-14-37/h9-11,13-18,23-25,27,32-34,39-40H,12,20-21,26,28-31,58H2,1-8H3/b35-27-/t39?,40?,53-/m1/s1. The van der Waals surface area contributed by atoms with E-state index in [1.165, 1.54) is 23.8 Å². The Balaban J connectivity index is 1.20. The van der Waals surface area contributed by atoms with Gasteiger partial charge in [-0.3, -0.25) is 9.80 Å². The molecule has 3 fully saturated rings. The van der Waals surface area contributed by atoms with Crippen LogP contribution in [0.15, 0.2) is 84.7 Å². The molecule has 0 radical (unpaired) electrons. The fourth-order valence-corrected chi connectivity index (χ4v) is 17.5. The highest BCUT2D eigenvalue weighted by Gasteiger charge is 2.48. The Morgan fingerprint density at radius 1 is 0.923 bits per heavy atom. The van der Waals surface area contributed by atoms with Crippen LogP contribution in [0.2, 0.25) is 16.6 Å². The Kier molecular flexibility index (Phi) is 11.7. The molecule has 1 aromatic heterocycles. The summed E-state index contributed by atoms with van der Waals surface area (Å²) in [6.07, 6.45) is 7.38. The van der Waals surface area contributed by atoms with Gasteiger partial charge in [0.25, 0.3) is 0 Å². The minimum atomic E-state index is -2.35. The highest BCUT2D eigenvalue weighted by molar-refractivity contribution is 6.90. The number of ether oxygens (including phenoxy) is 1. The number of halogens is 4. The molecule has 2 N–H and O–H groups in total. The Hall–Kier alpha value is -5.22. The molecule has 2 unspecified atom stereocenters. The van der Waals surface area contributed by atoms with Gasteiger partial charge in [0.1, 0.15) is 37.6 Å². The zero-order chi connectivity index (χ0) is 46.2. The molecule has 5 aromatic rings. The number of anilines is 2. The molecule has 2 bridgehead atoms. The second-order valence-corrected chi connectivity index (χ2v) is 25.8. The Morgan fingerprint density at radius 2 is 1.62 bits per heavy atom. The summed E-state index contributed by atoms with van der Waals surface area (Å²) in [5.74, 6) is 1.25. The van der Waals surface area contributed by atoms with Crippen molar-refractivity contribution in [1.29, 1.82) is 0 Å². The summed E-state index contributed by atoms with van der Waals surface area (Å²) in [7, 11) is -2.35. The molecule has 3 atom stereocenters. The number of rotatable bonds is 10. The van der Waals surface area contributed by atoms with Gasteiger partial charge in [0.05, 0.1) is 23.0 Å². The predicted molar refractivity (Wildman–Crippen MR) is 258 cm³/mol. The van der Waals surface area contributed by atoms with Gasteiger partial charge in [-0.15, -0.1) is 5.54 Å². The van der Waals surface area contributed by atoms with Crippen LogP contribution >= 0.6 is 0 Å². The topological polar surface area (TPSA) is 70.8 Å². The highest BCUT2D eigenvalue weighted by atomic mass is 28.3. The van der Waals surface area contributed by atoms with Crippen molar-refractivity contribution >= 4 is 41.3 Å². The fourth-order valence-electron chi connectivity index (χ4n) is 12.3. The van der Waals surface area contributed by atoms with Gasteiger partial charge in [0, 0.05) is 53.7 Å². The van der Waals surface area contributed by atoms with Crippen LogP contribution in [-0.4, -0.2) is 78.3 Å². The third-order valence-electron chi connectivity index (χ3n) is 15.3. The third-order valence-corrected chi connectivity index (χ3v) is 21.6. The normalized spacial score (nSPS) is 22.0. The highest BCUT2D eigenvalue weighted by Crippen LogP contribution is 2.46. The molecule has 4 aliphatic rings. The number of nitrogens with two attached hydrogens (primary N) is 1. The number of hydrogen-bond donors (Lipinski definition) is 1. The van der Waals surface area contributed by atoms with Gasteiger partial charge in [-0.25, -0.2) is 17.6 Å². The number of fused-ring (bicyclic) bond motifs is 5. The lowest BCUT2D eigenvalue weighted by molar-refractivity contribution is 0.0590. The second kappa shape index (κ2) is 16.9. The molecular weight excluding hydrogens is 841 g/mol. The average molecular weight is 901 g/mol. The molecule has 4 aliphatic heterocycles. The first-order chi connectivity index (χ1) is 31.0. The molecule has 340 valence electrons. The summed E-state index contributed by atoms with van der Waals surface area (Å²) in [5.41, 5.74) is 12.0. The summed E-state index contributed by atoms with van der Waals surface area (Å²) in [6, 6.07) is 17.7. The number of nitrogens with zero attached hydrogens (tertiary/aromatic N) is 5. The van der Waals surface area contributed by atoms with Gasteiger partial charge >= 0.3 is 6.01 Å². The zero-order valence-electron chi connectivity index (χ0n) is 38.8. The van der Waals surface area contributed by atoms with Crippen molar-refractivity contribution in [2.45, 2.75) is 114 Å². The molecule has 65 heavy (non-hydrogen) atoms. The van der Waals surface area contributed by atoms with Gasteiger partial charge in [-0.05, 0) is 103 Å². The lowest BCUT2D eigenvalue weighted by atomic mass is 9.89.